The lowest BCUT2D eigenvalue weighted by Crippen LogP contribution is -2.25. The highest BCUT2D eigenvalue weighted by molar-refractivity contribution is 9.11. The largest absolute Gasteiger partial charge is 0.312 e. The van der Waals surface area contributed by atoms with Gasteiger partial charge in [0.2, 0.25) is 0 Å². The molecule has 1 rings (SSSR count). The third-order valence-electron chi connectivity index (χ3n) is 2.17. The number of hydrogen-bond donors (Lipinski definition) is 0. The fraction of sp³-hybridized carbons (Fsp3) is 0.500. The number of aryl methyl sites for hydroxylation is 1. The molecule has 0 aliphatic heterocycles. The second-order valence-electron chi connectivity index (χ2n) is 3.66. The van der Waals surface area contributed by atoms with Gasteiger partial charge in [0.15, 0.2) is 9.84 Å². The second-order valence-corrected chi connectivity index (χ2v) is 7.73. The molecular weight excluding hydrogens is 374 g/mol. The van der Waals surface area contributed by atoms with Crippen molar-refractivity contribution < 1.29 is 8.42 Å². The van der Waals surface area contributed by atoms with Crippen LogP contribution in [0, 0.1) is 0 Å². The van der Waals surface area contributed by atoms with Crippen LogP contribution in [0.15, 0.2) is 26.0 Å². The van der Waals surface area contributed by atoms with Gasteiger partial charge >= 0.3 is 0 Å². The van der Waals surface area contributed by atoms with Gasteiger partial charge in [0.1, 0.15) is 0 Å². The van der Waals surface area contributed by atoms with Crippen LogP contribution >= 0.6 is 31.9 Å². The Balaban J connectivity index is 2.87. The summed E-state index contributed by atoms with van der Waals surface area (Å²) in [4.78, 5) is 11.7. The molecule has 1 aromatic rings. The van der Waals surface area contributed by atoms with Crippen LogP contribution in [0.1, 0.15) is 13.3 Å². The third-order valence-corrected chi connectivity index (χ3v) is 5.00. The van der Waals surface area contributed by atoms with Crippen LogP contribution in [0.2, 0.25) is 0 Å². The fourth-order valence-electron chi connectivity index (χ4n) is 1.38. The summed E-state index contributed by atoms with van der Waals surface area (Å²) < 4.78 is 25.6. The van der Waals surface area contributed by atoms with Crippen molar-refractivity contribution in [1.82, 2.24) is 4.57 Å². The van der Waals surface area contributed by atoms with Crippen molar-refractivity contribution in [2.45, 2.75) is 19.9 Å². The number of pyridine rings is 1. The van der Waals surface area contributed by atoms with Gasteiger partial charge in [0, 0.05) is 23.0 Å². The summed E-state index contributed by atoms with van der Waals surface area (Å²) in [7, 11) is -3.06. The van der Waals surface area contributed by atoms with Crippen molar-refractivity contribution in [3.63, 3.8) is 0 Å². The number of nitrogens with zero attached hydrogens (tertiary/aromatic N) is 1. The SMILES string of the molecule is CCCS(=O)(=O)CCn1cc(Br)cc(Br)c1=O. The van der Waals surface area contributed by atoms with Crippen molar-refractivity contribution in [2.24, 2.45) is 0 Å². The van der Waals surface area contributed by atoms with E-state index < -0.39 is 9.84 Å². The lowest BCUT2D eigenvalue weighted by Gasteiger charge is -2.07. The first-order valence-electron chi connectivity index (χ1n) is 5.11. The standard InChI is InChI=1S/C10H13Br2NO3S/c1-2-4-17(15,16)5-3-13-7-8(11)6-9(12)10(13)14/h6-7H,2-5H2,1H3. The van der Waals surface area contributed by atoms with Gasteiger partial charge in [-0.3, -0.25) is 4.79 Å². The molecule has 0 N–H and O–H groups in total. The molecule has 0 aromatic carbocycles. The van der Waals surface area contributed by atoms with Crippen LogP contribution in [0.5, 0.6) is 0 Å². The summed E-state index contributed by atoms with van der Waals surface area (Å²) >= 11 is 6.39. The first-order chi connectivity index (χ1) is 7.85. The predicted octanol–water partition coefficient (Wildman–Crippen LogP) is 2.20. The van der Waals surface area contributed by atoms with Crippen LogP contribution in [0.3, 0.4) is 0 Å². The van der Waals surface area contributed by atoms with E-state index in [0.717, 1.165) is 4.47 Å². The topological polar surface area (TPSA) is 56.1 Å². The van der Waals surface area contributed by atoms with Crippen LogP contribution < -0.4 is 5.56 Å². The number of rotatable bonds is 5. The zero-order valence-electron chi connectivity index (χ0n) is 9.32. The van der Waals surface area contributed by atoms with Crippen molar-refractivity contribution in [2.75, 3.05) is 11.5 Å². The molecule has 0 fully saturated rings. The van der Waals surface area contributed by atoms with E-state index in [1.165, 1.54) is 4.57 Å². The monoisotopic (exact) mass is 385 g/mol. The molecule has 1 aromatic heterocycles. The first kappa shape index (κ1) is 14.9. The lowest BCUT2D eigenvalue weighted by molar-refractivity contribution is 0.585. The van der Waals surface area contributed by atoms with Gasteiger partial charge in [-0.05, 0) is 44.3 Å². The van der Waals surface area contributed by atoms with Crippen LogP contribution in [0.4, 0.5) is 0 Å². The van der Waals surface area contributed by atoms with Crippen LogP contribution in [0.25, 0.3) is 0 Å². The van der Waals surface area contributed by atoms with E-state index in [-0.39, 0.29) is 23.6 Å². The average Bonchev–Trinajstić information content (AvgIpc) is 2.21. The van der Waals surface area contributed by atoms with Crippen molar-refractivity contribution in [1.29, 1.82) is 0 Å². The Labute approximate surface area is 117 Å². The van der Waals surface area contributed by atoms with Gasteiger partial charge in [-0.2, -0.15) is 0 Å². The number of hydrogen-bond acceptors (Lipinski definition) is 3. The van der Waals surface area contributed by atoms with E-state index >= 15 is 0 Å². The Kier molecular flexibility index (Phi) is 5.40. The average molecular weight is 387 g/mol. The Morgan fingerprint density at radius 1 is 1.29 bits per heavy atom. The highest BCUT2D eigenvalue weighted by Crippen LogP contribution is 2.12. The minimum absolute atomic E-state index is 0.0103. The maximum absolute atomic E-state index is 11.7. The molecule has 0 unspecified atom stereocenters. The van der Waals surface area contributed by atoms with E-state index in [2.05, 4.69) is 31.9 Å². The highest BCUT2D eigenvalue weighted by Gasteiger charge is 2.11. The molecule has 0 saturated heterocycles. The summed E-state index contributed by atoms with van der Waals surface area (Å²) in [5.41, 5.74) is -0.222. The molecule has 0 radical (unpaired) electrons. The molecule has 0 bridgehead atoms. The van der Waals surface area contributed by atoms with E-state index in [9.17, 15) is 13.2 Å². The molecule has 17 heavy (non-hydrogen) atoms. The van der Waals surface area contributed by atoms with E-state index in [1.807, 2.05) is 6.92 Å². The van der Waals surface area contributed by atoms with Gasteiger partial charge in [-0.15, -0.1) is 0 Å². The molecule has 0 spiro atoms. The molecule has 0 amide bonds. The summed E-state index contributed by atoms with van der Waals surface area (Å²) in [6.07, 6.45) is 2.19. The number of sulfone groups is 1. The van der Waals surface area contributed by atoms with E-state index in [1.54, 1.807) is 12.3 Å². The summed E-state index contributed by atoms with van der Waals surface area (Å²) in [5.74, 6) is 0.153. The zero-order chi connectivity index (χ0) is 13.1. The third kappa shape index (κ3) is 4.56. The quantitative estimate of drug-likeness (QED) is 0.779. The van der Waals surface area contributed by atoms with Gasteiger partial charge in [-0.1, -0.05) is 6.92 Å². The minimum Gasteiger partial charge on any atom is -0.312 e. The van der Waals surface area contributed by atoms with Gasteiger partial charge in [0.05, 0.1) is 10.2 Å². The van der Waals surface area contributed by atoms with Crippen molar-refractivity contribution >= 4 is 41.7 Å². The van der Waals surface area contributed by atoms with E-state index in [4.69, 9.17) is 0 Å². The second kappa shape index (κ2) is 6.15. The minimum atomic E-state index is -3.06. The van der Waals surface area contributed by atoms with Gasteiger partial charge in [0.25, 0.3) is 5.56 Å². The van der Waals surface area contributed by atoms with Crippen molar-refractivity contribution in [3.05, 3.63) is 31.6 Å². The number of halogens is 2. The maximum atomic E-state index is 11.7. The lowest BCUT2D eigenvalue weighted by atomic mass is 10.5. The van der Waals surface area contributed by atoms with Gasteiger partial charge in [-0.25, -0.2) is 8.42 Å². The first-order valence-corrected chi connectivity index (χ1v) is 8.52. The molecule has 0 aliphatic rings. The molecule has 4 nitrogen and oxygen atoms in total. The summed E-state index contributed by atoms with van der Waals surface area (Å²) in [6.45, 7) is 2.00. The molecule has 0 saturated carbocycles. The molecule has 0 atom stereocenters. The predicted molar refractivity (Wildman–Crippen MR) is 75.0 cm³/mol. The molecule has 0 aliphatic carbocycles. The zero-order valence-corrected chi connectivity index (χ0v) is 13.3. The Morgan fingerprint density at radius 3 is 2.53 bits per heavy atom. The number of aromatic nitrogens is 1. The van der Waals surface area contributed by atoms with Gasteiger partial charge < -0.3 is 4.57 Å². The van der Waals surface area contributed by atoms with E-state index in [0.29, 0.717) is 10.9 Å². The van der Waals surface area contributed by atoms with Crippen LogP contribution in [-0.4, -0.2) is 24.5 Å². The molecule has 96 valence electrons. The summed E-state index contributed by atoms with van der Waals surface area (Å²) in [5, 5.41) is 0. The van der Waals surface area contributed by atoms with Crippen LogP contribution in [-0.2, 0) is 16.4 Å². The summed E-state index contributed by atoms with van der Waals surface area (Å²) in [6, 6.07) is 1.64. The maximum Gasteiger partial charge on any atom is 0.264 e. The van der Waals surface area contributed by atoms with Crippen molar-refractivity contribution in [3.8, 4) is 0 Å². The highest BCUT2D eigenvalue weighted by atomic mass is 79.9. The molecule has 7 heteroatoms. The smallest absolute Gasteiger partial charge is 0.264 e. The normalized spacial score (nSPS) is 11.7. The Morgan fingerprint density at radius 2 is 1.94 bits per heavy atom. The molecule has 1 heterocycles. The Hall–Kier alpha value is -0.140. The molecular formula is C10H13Br2NO3S. The Bertz CT molecular complexity index is 551. The fourth-order valence-corrected chi connectivity index (χ4v) is 3.94.